The van der Waals surface area contributed by atoms with Crippen molar-refractivity contribution in [1.29, 1.82) is 0 Å². The predicted octanol–water partition coefficient (Wildman–Crippen LogP) is 3.28. The first-order valence-corrected chi connectivity index (χ1v) is 12.0. The molecule has 1 aromatic heterocycles. The van der Waals surface area contributed by atoms with Crippen molar-refractivity contribution in [3.05, 3.63) is 46.3 Å². The summed E-state index contributed by atoms with van der Waals surface area (Å²) in [6, 6.07) is 10.7. The summed E-state index contributed by atoms with van der Waals surface area (Å²) < 4.78 is 0. The van der Waals surface area contributed by atoms with Crippen LogP contribution in [0.25, 0.3) is 10.4 Å². The first kappa shape index (κ1) is 19.8. The average molecular weight is 424 g/mol. The summed E-state index contributed by atoms with van der Waals surface area (Å²) >= 11 is 1.64. The summed E-state index contributed by atoms with van der Waals surface area (Å²) in [7, 11) is 0. The molecule has 0 bridgehead atoms. The van der Waals surface area contributed by atoms with Gasteiger partial charge in [-0.15, -0.1) is 11.3 Å². The van der Waals surface area contributed by atoms with Crippen molar-refractivity contribution in [2.24, 2.45) is 0 Å². The van der Waals surface area contributed by atoms with Crippen LogP contribution >= 0.6 is 11.3 Å². The zero-order valence-corrected chi connectivity index (χ0v) is 18.3. The van der Waals surface area contributed by atoms with Crippen molar-refractivity contribution in [2.75, 3.05) is 45.8 Å². The van der Waals surface area contributed by atoms with E-state index in [0.29, 0.717) is 19.6 Å². The van der Waals surface area contributed by atoms with Crippen molar-refractivity contribution in [1.82, 2.24) is 14.7 Å². The first-order valence-electron chi connectivity index (χ1n) is 11.2. The van der Waals surface area contributed by atoms with Crippen molar-refractivity contribution in [3.8, 4) is 10.4 Å². The maximum absolute atomic E-state index is 13.1. The van der Waals surface area contributed by atoms with Crippen LogP contribution in [0.4, 0.5) is 0 Å². The number of hydrogen-bond acceptors (Lipinski definition) is 4. The van der Waals surface area contributed by atoms with Crippen molar-refractivity contribution in [2.45, 2.75) is 32.1 Å². The smallest absolute Gasteiger partial charge is 0.264 e. The topological polar surface area (TPSA) is 43.9 Å². The number of benzene rings is 1. The van der Waals surface area contributed by atoms with E-state index in [4.69, 9.17) is 0 Å². The van der Waals surface area contributed by atoms with Gasteiger partial charge in [0.25, 0.3) is 5.91 Å². The third-order valence-electron chi connectivity index (χ3n) is 6.67. The van der Waals surface area contributed by atoms with Crippen LogP contribution in [0.5, 0.6) is 0 Å². The molecule has 0 unspecified atom stereocenters. The first-order chi connectivity index (χ1) is 14.7. The number of carbonyl (C=O) groups excluding carboxylic acids is 2. The van der Waals surface area contributed by atoms with Gasteiger partial charge in [-0.1, -0.05) is 24.3 Å². The molecule has 3 heterocycles. The van der Waals surface area contributed by atoms with Gasteiger partial charge < -0.3 is 9.80 Å². The standard InChI is InChI=1S/C24H29N3O2S/c28-22(26-10-4-1-5-11-26)17-25-12-14-27(15-13-25)24(29)21-16-19-9-8-18-6-2-3-7-20(18)23(19)30-21/h2-3,6-7,16H,1,4-5,8-15,17H2. The van der Waals surface area contributed by atoms with E-state index in [9.17, 15) is 9.59 Å². The van der Waals surface area contributed by atoms with E-state index in [2.05, 4.69) is 35.2 Å². The third kappa shape index (κ3) is 3.91. The Bertz CT molecular complexity index is 940. The van der Waals surface area contributed by atoms with E-state index in [1.54, 1.807) is 11.3 Å². The van der Waals surface area contributed by atoms with Crippen molar-refractivity contribution >= 4 is 23.2 Å². The number of nitrogens with zero attached hydrogens (tertiary/aromatic N) is 3. The minimum Gasteiger partial charge on any atom is -0.342 e. The van der Waals surface area contributed by atoms with Crippen LogP contribution in [0.1, 0.15) is 40.1 Å². The monoisotopic (exact) mass is 423 g/mol. The highest BCUT2D eigenvalue weighted by Gasteiger charge is 2.28. The van der Waals surface area contributed by atoms with Crippen LogP contribution in [-0.4, -0.2) is 72.3 Å². The number of hydrogen-bond donors (Lipinski definition) is 0. The van der Waals surface area contributed by atoms with E-state index < -0.39 is 0 Å². The van der Waals surface area contributed by atoms with E-state index in [0.717, 1.165) is 56.7 Å². The molecule has 2 aromatic rings. The zero-order valence-electron chi connectivity index (χ0n) is 17.4. The molecule has 0 N–H and O–H groups in total. The molecule has 0 radical (unpaired) electrons. The number of piperidine rings is 1. The summed E-state index contributed by atoms with van der Waals surface area (Å²) in [5.41, 5.74) is 3.99. The number of likely N-dealkylation sites (tertiary alicyclic amines) is 1. The Hall–Kier alpha value is -2.18. The Labute approximate surface area is 182 Å². The highest BCUT2D eigenvalue weighted by atomic mass is 32.1. The second-order valence-corrected chi connectivity index (χ2v) is 9.68. The second kappa shape index (κ2) is 8.52. The molecule has 1 aliphatic carbocycles. The van der Waals surface area contributed by atoms with Gasteiger partial charge in [-0.05, 0) is 54.9 Å². The number of amides is 2. The number of rotatable bonds is 3. The lowest BCUT2D eigenvalue weighted by atomic mass is 9.91. The molecule has 1 aromatic carbocycles. The molecular formula is C24H29N3O2S. The largest absolute Gasteiger partial charge is 0.342 e. The minimum atomic E-state index is 0.147. The maximum atomic E-state index is 13.1. The lowest BCUT2D eigenvalue weighted by molar-refractivity contribution is -0.133. The van der Waals surface area contributed by atoms with Gasteiger partial charge in [0.2, 0.25) is 5.91 Å². The SMILES string of the molecule is O=C(CN1CCN(C(=O)c2cc3c(s2)-c2ccccc2CC3)CC1)N1CCCCC1. The summed E-state index contributed by atoms with van der Waals surface area (Å²) in [6.07, 6.45) is 5.56. The highest BCUT2D eigenvalue weighted by molar-refractivity contribution is 7.17. The van der Waals surface area contributed by atoms with Gasteiger partial charge in [0.15, 0.2) is 0 Å². The number of piperazine rings is 1. The number of thiophene rings is 1. The summed E-state index contributed by atoms with van der Waals surface area (Å²) in [4.78, 5) is 34.0. The summed E-state index contributed by atoms with van der Waals surface area (Å²) in [5, 5.41) is 0. The van der Waals surface area contributed by atoms with Crippen LogP contribution in [0.15, 0.2) is 30.3 Å². The fourth-order valence-electron chi connectivity index (χ4n) is 4.88. The second-order valence-electron chi connectivity index (χ2n) is 8.63. The van der Waals surface area contributed by atoms with Gasteiger partial charge in [0.05, 0.1) is 11.4 Å². The molecule has 158 valence electrons. The van der Waals surface area contributed by atoms with E-state index in [-0.39, 0.29) is 11.8 Å². The fourth-order valence-corrected chi connectivity index (χ4v) is 6.12. The molecular weight excluding hydrogens is 394 g/mol. The molecule has 6 heteroatoms. The molecule has 3 aliphatic rings. The summed E-state index contributed by atoms with van der Waals surface area (Å²) in [6.45, 7) is 5.26. The Kier molecular flexibility index (Phi) is 5.61. The molecule has 0 atom stereocenters. The van der Waals surface area contributed by atoms with Gasteiger partial charge in [0, 0.05) is 44.1 Å². The fraction of sp³-hybridized carbons (Fsp3) is 0.500. The zero-order chi connectivity index (χ0) is 20.5. The normalized spacial score (nSPS) is 19.3. The van der Waals surface area contributed by atoms with Gasteiger partial charge >= 0.3 is 0 Å². The molecule has 0 saturated carbocycles. The minimum absolute atomic E-state index is 0.147. The Morgan fingerprint density at radius 2 is 1.57 bits per heavy atom. The Balaban J connectivity index is 1.20. The lowest BCUT2D eigenvalue weighted by Gasteiger charge is -2.35. The van der Waals surface area contributed by atoms with Crippen molar-refractivity contribution in [3.63, 3.8) is 0 Å². The van der Waals surface area contributed by atoms with Crippen LogP contribution in [0.3, 0.4) is 0 Å². The molecule has 30 heavy (non-hydrogen) atoms. The molecule has 0 spiro atoms. The van der Waals surface area contributed by atoms with E-state index in [1.165, 1.54) is 28.0 Å². The summed E-state index contributed by atoms with van der Waals surface area (Å²) in [5.74, 6) is 0.396. The van der Waals surface area contributed by atoms with Gasteiger partial charge in [-0.3, -0.25) is 14.5 Å². The maximum Gasteiger partial charge on any atom is 0.264 e. The van der Waals surface area contributed by atoms with Crippen LogP contribution < -0.4 is 0 Å². The van der Waals surface area contributed by atoms with E-state index in [1.807, 2.05) is 9.80 Å². The van der Waals surface area contributed by atoms with Gasteiger partial charge in [0.1, 0.15) is 0 Å². The third-order valence-corrected chi connectivity index (χ3v) is 7.87. The van der Waals surface area contributed by atoms with Gasteiger partial charge in [-0.25, -0.2) is 0 Å². The van der Waals surface area contributed by atoms with Crippen LogP contribution in [0.2, 0.25) is 0 Å². The Morgan fingerprint density at radius 1 is 0.833 bits per heavy atom. The quantitative estimate of drug-likeness (QED) is 0.761. The molecule has 2 saturated heterocycles. The average Bonchev–Trinajstić information content (AvgIpc) is 3.25. The Morgan fingerprint density at radius 3 is 2.37 bits per heavy atom. The number of aryl methyl sites for hydroxylation is 2. The highest BCUT2D eigenvalue weighted by Crippen LogP contribution is 2.39. The number of fused-ring (bicyclic) bond motifs is 3. The lowest BCUT2D eigenvalue weighted by Crippen LogP contribution is -2.51. The van der Waals surface area contributed by atoms with Crippen LogP contribution in [0, 0.1) is 0 Å². The predicted molar refractivity (Wildman–Crippen MR) is 120 cm³/mol. The molecule has 2 aliphatic heterocycles. The molecule has 5 rings (SSSR count). The van der Waals surface area contributed by atoms with E-state index >= 15 is 0 Å². The molecule has 2 amide bonds. The molecule has 2 fully saturated rings. The molecule has 5 nitrogen and oxygen atoms in total. The van der Waals surface area contributed by atoms with Gasteiger partial charge in [-0.2, -0.15) is 0 Å². The van der Waals surface area contributed by atoms with Crippen LogP contribution in [-0.2, 0) is 17.6 Å². The van der Waals surface area contributed by atoms with Crippen molar-refractivity contribution < 1.29 is 9.59 Å². The number of carbonyl (C=O) groups is 2.